The lowest BCUT2D eigenvalue weighted by Crippen LogP contribution is -2.21. The number of aryl methyl sites for hydroxylation is 1. The van der Waals surface area contributed by atoms with Gasteiger partial charge >= 0.3 is 0 Å². The Labute approximate surface area is 114 Å². The Morgan fingerprint density at radius 2 is 2.16 bits per heavy atom. The molecule has 2 aromatic heterocycles. The van der Waals surface area contributed by atoms with Crippen LogP contribution in [0.15, 0.2) is 18.6 Å². The Morgan fingerprint density at radius 3 is 2.79 bits per heavy atom. The zero-order valence-electron chi connectivity index (χ0n) is 12.2. The van der Waals surface area contributed by atoms with E-state index in [-0.39, 0.29) is 5.41 Å². The molecule has 0 saturated heterocycles. The molecule has 0 radical (unpaired) electrons. The quantitative estimate of drug-likeness (QED) is 0.807. The van der Waals surface area contributed by atoms with Gasteiger partial charge in [0.25, 0.3) is 0 Å². The number of aromatic nitrogens is 4. The largest absolute Gasteiger partial charge is 0.349 e. The highest BCUT2D eigenvalue weighted by Gasteiger charge is 2.21. The average Bonchev–Trinajstić information content (AvgIpc) is 2.93. The van der Waals surface area contributed by atoms with Gasteiger partial charge < -0.3 is 10.3 Å². The fraction of sp³-hybridized carbons (Fsp3) is 0.571. The van der Waals surface area contributed by atoms with Crippen molar-refractivity contribution >= 4 is 0 Å². The minimum absolute atomic E-state index is 0.0826. The Balaban J connectivity index is 1.89. The Hall–Kier alpha value is -1.62. The number of imidazole rings is 1. The van der Waals surface area contributed by atoms with Crippen molar-refractivity contribution < 1.29 is 0 Å². The van der Waals surface area contributed by atoms with E-state index in [0.717, 1.165) is 25.3 Å². The number of hydrogen-bond donors (Lipinski definition) is 2. The summed E-state index contributed by atoms with van der Waals surface area (Å²) < 4.78 is 1.89. The van der Waals surface area contributed by atoms with Crippen LogP contribution in [-0.4, -0.2) is 26.3 Å². The van der Waals surface area contributed by atoms with Crippen molar-refractivity contribution in [2.24, 2.45) is 7.05 Å². The van der Waals surface area contributed by atoms with Gasteiger partial charge in [-0.1, -0.05) is 20.8 Å². The zero-order chi connectivity index (χ0) is 13.9. The highest BCUT2D eigenvalue weighted by molar-refractivity contribution is 5.23. The van der Waals surface area contributed by atoms with Crippen molar-refractivity contribution in [2.45, 2.75) is 39.2 Å². The van der Waals surface area contributed by atoms with E-state index in [1.807, 2.05) is 17.9 Å². The van der Waals surface area contributed by atoms with Crippen molar-refractivity contribution in [3.63, 3.8) is 0 Å². The van der Waals surface area contributed by atoms with Crippen LogP contribution in [0.4, 0.5) is 0 Å². The summed E-state index contributed by atoms with van der Waals surface area (Å²) >= 11 is 0. The van der Waals surface area contributed by atoms with E-state index in [1.54, 1.807) is 6.20 Å². The molecule has 2 N–H and O–H groups in total. The van der Waals surface area contributed by atoms with Crippen molar-refractivity contribution in [2.75, 3.05) is 6.54 Å². The molecule has 0 fully saturated rings. The first kappa shape index (κ1) is 13.8. The molecule has 5 nitrogen and oxygen atoms in total. The molecule has 0 aliphatic carbocycles. The maximum atomic E-state index is 4.57. The first-order valence-corrected chi connectivity index (χ1v) is 6.69. The van der Waals surface area contributed by atoms with Gasteiger partial charge in [0.2, 0.25) is 0 Å². The number of H-pyrrole nitrogens is 1. The summed E-state index contributed by atoms with van der Waals surface area (Å²) in [6, 6.07) is 0. The van der Waals surface area contributed by atoms with Crippen molar-refractivity contribution in [3.8, 4) is 0 Å². The fourth-order valence-corrected chi connectivity index (χ4v) is 2.16. The SMILES string of the molecule is Cn1cc(CNCCc2ncc[nH]2)c(C(C)(C)C)n1. The second-order valence-corrected chi connectivity index (χ2v) is 5.89. The second kappa shape index (κ2) is 5.57. The third-order valence-electron chi connectivity index (χ3n) is 3.02. The summed E-state index contributed by atoms with van der Waals surface area (Å²) in [6.07, 6.45) is 6.65. The minimum atomic E-state index is 0.0826. The molecule has 2 heterocycles. The Bertz CT molecular complexity index is 504. The maximum Gasteiger partial charge on any atom is 0.107 e. The number of rotatable bonds is 5. The molecule has 0 aliphatic rings. The van der Waals surface area contributed by atoms with Crippen LogP contribution in [0.5, 0.6) is 0 Å². The van der Waals surface area contributed by atoms with Crippen LogP contribution >= 0.6 is 0 Å². The topological polar surface area (TPSA) is 58.5 Å². The van der Waals surface area contributed by atoms with E-state index in [0.29, 0.717) is 0 Å². The number of aromatic amines is 1. The molecule has 0 atom stereocenters. The van der Waals surface area contributed by atoms with Gasteiger partial charge in [-0.3, -0.25) is 4.68 Å². The fourth-order valence-electron chi connectivity index (χ4n) is 2.16. The van der Waals surface area contributed by atoms with Crippen LogP contribution in [0.2, 0.25) is 0 Å². The molecule has 0 spiro atoms. The zero-order valence-corrected chi connectivity index (χ0v) is 12.2. The molecule has 0 aliphatic heterocycles. The molecular formula is C14H23N5. The van der Waals surface area contributed by atoms with Gasteiger partial charge in [0.05, 0.1) is 5.69 Å². The van der Waals surface area contributed by atoms with E-state index in [1.165, 1.54) is 11.3 Å². The van der Waals surface area contributed by atoms with E-state index in [2.05, 4.69) is 47.4 Å². The molecule has 0 unspecified atom stereocenters. The molecule has 0 saturated carbocycles. The summed E-state index contributed by atoms with van der Waals surface area (Å²) in [5, 5.41) is 8.02. The van der Waals surface area contributed by atoms with E-state index in [9.17, 15) is 0 Å². The summed E-state index contributed by atoms with van der Waals surface area (Å²) in [4.78, 5) is 7.32. The Morgan fingerprint density at radius 1 is 1.37 bits per heavy atom. The summed E-state index contributed by atoms with van der Waals surface area (Å²) in [6.45, 7) is 8.35. The van der Waals surface area contributed by atoms with Crippen LogP contribution in [0.1, 0.15) is 37.9 Å². The van der Waals surface area contributed by atoms with E-state index >= 15 is 0 Å². The number of nitrogens with zero attached hydrogens (tertiary/aromatic N) is 3. The highest BCUT2D eigenvalue weighted by atomic mass is 15.3. The van der Waals surface area contributed by atoms with Crippen molar-refractivity contribution in [3.05, 3.63) is 35.7 Å². The van der Waals surface area contributed by atoms with Crippen LogP contribution in [0, 0.1) is 0 Å². The first-order chi connectivity index (χ1) is 8.97. The molecule has 19 heavy (non-hydrogen) atoms. The highest BCUT2D eigenvalue weighted by Crippen LogP contribution is 2.23. The van der Waals surface area contributed by atoms with Gasteiger partial charge in [-0.25, -0.2) is 4.98 Å². The molecule has 0 bridgehead atoms. The average molecular weight is 261 g/mol. The van der Waals surface area contributed by atoms with Gasteiger partial charge in [-0.15, -0.1) is 0 Å². The molecule has 5 heteroatoms. The van der Waals surface area contributed by atoms with E-state index in [4.69, 9.17) is 0 Å². The van der Waals surface area contributed by atoms with Gasteiger partial charge in [-0.2, -0.15) is 5.10 Å². The summed E-state index contributed by atoms with van der Waals surface area (Å²) in [5.74, 6) is 1.02. The lowest BCUT2D eigenvalue weighted by atomic mass is 9.89. The van der Waals surface area contributed by atoms with Gasteiger partial charge in [-0.05, 0) is 0 Å². The molecule has 2 aromatic rings. The third kappa shape index (κ3) is 3.67. The summed E-state index contributed by atoms with van der Waals surface area (Å²) in [5.41, 5.74) is 2.52. The van der Waals surface area contributed by atoms with Crippen LogP contribution in [0.25, 0.3) is 0 Å². The minimum Gasteiger partial charge on any atom is -0.349 e. The predicted molar refractivity (Wildman–Crippen MR) is 75.9 cm³/mol. The Kier molecular flexibility index (Phi) is 4.04. The predicted octanol–water partition coefficient (Wildman–Crippen LogP) is 1.77. The molecular weight excluding hydrogens is 238 g/mol. The monoisotopic (exact) mass is 261 g/mol. The van der Waals surface area contributed by atoms with Crippen LogP contribution < -0.4 is 5.32 Å². The van der Waals surface area contributed by atoms with E-state index < -0.39 is 0 Å². The molecule has 2 rings (SSSR count). The summed E-state index contributed by atoms with van der Waals surface area (Å²) in [7, 11) is 1.97. The van der Waals surface area contributed by atoms with Gasteiger partial charge in [0.15, 0.2) is 0 Å². The van der Waals surface area contributed by atoms with Crippen molar-refractivity contribution in [1.82, 2.24) is 25.1 Å². The normalized spacial score (nSPS) is 12.0. The number of hydrogen-bond acceptors (Lipinski definition) is 3. The third-order valence-corrected chi connectivity index (χ3v) is 3.02. The first-order valence-electron chi connectivity index (χ1n) is 6.69. The standard InChI is InChI=1S/C14H23N5/c1-14(2,3)13-11(10-19(4)18-13)9-15-6-5-12-16-7-8-17-12/h7-8,10,15H,5-6,9H2,1-4H3,(H,16,17). The van der Waals surface area contributed by atoms with Crippen molar-refractivity contribution in [1.29, 1.82) is 0 Å². The van der Waals surface area contributed by atoms with Crippen LogP contribution in [-0.2, 0) is 25.4 Å². The smallest absolute Gasteiger partial charge is 0.107 e. The lowest BCUT2D eigenvalue weighted by molar-refractivity contribution is 0.543. The maximum absolute atomic E-state index is 4.57. The number of nitrogens with one attached hydrogen (secondary N) is 2. The molecule has 0 amide bonds. The lowest BCUT2D eigenvalue weighted by Gasteiger charge is -2.17. The van der Waals surface area contributed by atoms with Crippen LogP contribution in [0.3, 0.4) is 0 Å². The molecule has 104 valence electrons. The second-order valence-electron chi connectivity index (χ2n) is 5.89. The molecule has 0 aromatic carbocycles. The van der Waals surface area contributed by atoms with Gasteiger partial charge in [0.1, 0.15) is 5.82 Å². The van der Waals surface area contributed by atoms with Gasteiger partial charge in [0, 0.05) is 56.1 Å².